The summed E-state index contributed by atoms with van der Waals surface area (Å²) in [5, 5.41) is 2.34. The van der Waals surface area contributed by atoms with E-state index in [-0.39, 0.29) is 36.0 Å². The maximum absolute atomic E-state index is 12.2. The minimum absolute atomic E-state index is 0.0417. The van der Waals surface area contributed by atoms with Gasteiger partial charge in [0.2, 0.25) is 11.8 Å². The SMILES string of the molecule is [2H]c1cc(C2(CC)CCC(=O)NC2=O)cc([2H])c1N. The lowest BCUT2D eigenvalue weighted by Gasteiger charge is -2.34. The van der Waals surface area contributed by atoms with Crippen molar-refractivity contribution in [3.8, 4) is 0 Å². The first-order valence-corrected chi connectivity index (χ1v) is 5.62. The fraction of sp³-hybridized carbons (Fsp3) is 0.385. The third-order valence-electron chi connectivity index (χ3n) is 3.39. The number of hydrogen-bond donors (Lipinski definition) is 2. The summed E-state index contributed by atoms with van der Waals surface area (Å²) in [5.41, 5.74) is 5.44. The molecule has 1 atom stereocenters. The molecule has 17 heavy (non-hydrogen) atoms. The van der Waals surface area contributed by atoms with Crippen LogP contribution in [0.3, 0.4) is 0 Å². The third-order valence-corrected chi connectivity index (χ3v) is 3.39. The molecule has 4 nitrogen and oxygen atoms in total. The van der Waals surface area contributed by atoms with Crippen LogP contribution in [0.5, 0.6) is 0 Å². The highest BCUT2D eigenvalue weighted by Gasteiger charge is 2.42. The first kappa shape index (κ1) is 9.22. The second kappa shape index (κ2) is 4.20. The van der Waals surface area contributed by atoms with Crippen LogP contribution in [0.2, 0.25) is 0 Å². The molecule has 90 valence electrons. The van der Waals surface area contributed by atoms with Gasteiger partial charge in [0.1, 0.15) is 0 Å². The van der Waals surface area contributed by atoms with Gasteiger partial charge in [-0.3, -0.25) is 14.9 Å². The van der Waals surface area contributed by atoms with Gasteiger partial charge in [0, 0.05) is 12.1 Å². The lowest BCUT2D eigenvalue weighted by molar-refractivity contribution is -0.138. The molecule has 2 rings (SSSR count). The Kier molecular flexibility index (Phi) is 2.28. The summed E-state index contributed by atoms with van der Waals surface area (Å²) < 4.78 is 15.5. The molecule has 2 amide bonds. The molecular weight excluding hydrogens is 216 g/mol. The number of nitrogens with two attached hydrogens (primary N) is 1. The standard InChI is InChI=1S/C13H16N2O2/c1-2-13(8-7-11(16)15-12(13)17)9-3-5-10(14)6-4-9/h3-6H,2,7-8,14H2,1H3,(H,15,16,17)/i5D,6D. The summed E-state index contributed by atoms with van der Waals surface area (Å²) in [6.45, 7) is 1.86. The summed E-state index contributed by atoms with van der Waals surface area (Å²) in [6, 6.07) is 3.12. The van der Waals surface area contributed by atoms with Crippen LogP contribution in [0, 0.1) is 0 Å². The summed E-state index contributed by atoms with van der Waals surface area (Å²) in [4.78, 5) is 23.5. The average molecular weight is 234 g/mol. The van der Waals surface area contributed by atoms with Crippen LogP contribution in [0.15, 0.2) is 24.2 Å². The van der Waals surface area contributed by atoms with Crippen molar-refractivity contribution < 1.29 is 12.3 Å². The molecular formula is C13H16N2O2. The predicted octanol–water partition coefficient (Wildman–Crippen LogP) is 1.35. The summed E-state index contributed by atoms with van der Waals surface area (Å²) in [6.07, 6.45) is 1.18. The average Bonchev–Trinajstić information content (AvgIpc) is 2.36. The highest BCUT2D eigenvalue weighted by molar-refractivity contribution is 6.03. The number of nitrogen functional groups attached to an aromatic ring is 1. The van der Waals surface area contributed by atoms with Gasteiger partial charge in [0.25, 0.3) is 0 Å². The quantitative estimate of drug-likeness (QED) is 0.599. The Balaban J connectivity index is 2.53. The predicted molar refractivity (Wildman–Crippen MR) is 65.2 cm³/mol. The summed E-state index contributed by atoms with van der Waals surface area (Å²) >= 11 is 0. The number of carbonyl (C=O) groups is 2. The van der Waals surface area contributed by atoms with Crippen LogP contribution in [-0.4, -0.2) is 11.8 Å². The van der Waals surface area contributed by atoms with Crippen molar-refractivity contribution >= 4 is 17.5 Å². The van der Waals surface area contributed by atoms with E-state index in [9.17, 15) is 9.59 Å². The van der Waals surface area contributed by atoms with Gasteiger partial charge < -0.3 is 5.73 Å². The monoisotopic (exact) mass is 234 g/mol. The minimum Gasteiger partial charge on any atom is -0.399 e. The second-order valence-corrected chi connectivity index (χ2v) is 4.26. The van der Waals surface area contributed by atoms with E-state index in [1.807, 2.05) is 6.92 Å². The normalized spacial score (nSPS) is 26.2. The number of imide groups is 1. The van der Waals surface area contributed by atoms with Crippen molar-refractivity contribution in [1.29, 1.82) is 0 Å². The Bertz CT molecular complexity index is 537. The van der Waals surface area contributed by atoms with Crippen LogP contribution < -0.4 is 11.1 Å². The zero-order chi connectivity index (χ0) is 14.2. The number of amides is 2. The van der Waals surface area contributed by atoms with Gasteiger partial charge in [-0.1, -0.05) is 19.1 Å². The van der Waals surface area contributed by atoms with Crippen molar-refractivity contribution in [3.05, 3.63) is 29.8 Å². The van der Waals surface area contributed by atoms with Gasteiger partial charge in [-0.2, -0.15) is 0 Å². The summed E-state index contributed by atoms with van der Waals surface area (Å²) in [7, 11) is 0. The van der Waals surface area contributed by atoms with Gasteiger partial charge in [0.05, 0.1) is 8.16 Å². The Morgan fingerprint density at radius 3 is 2.65 bits per heavy atom. The molecule has 0 aliphatic carbocycles. The summed E-state index contributed by atoms with van der Waals surface area (Å²) in [5.74, 6) is -0.628. The molecule has 1 fully saturated rings. The van der Waals surface area contributed by atoms with Crippen molar-refractivity contribution in [2.75, 3.05) is 5.73 Å². The Hall–Kier alpha value is -1.84. The molecule has 0 saturated carbocycles. The molecule has 0 spiro atoms. The molecule has 3 N–H and O–H groups in total. The molecule has 0 radical (unpaired) electrons. The van der Waals surface area contributed by atoms with Crippen molar-refractivity contribution in [3.63, 3.8) is 0 Å². The maximum atomic E-state index is 12.2. The van der Waals surface area contributed by atoms with Gasteiger partial charge in [0.15, 0.2) is 0 Å². The van der Waals surface area contributed by atoms with E-state index in [1.165, 1.54) is 12.1 Å². The molecule has 1 aliphatic rings. The smallest absolute Gasteiger partial charge is 0.237 e. The van der Waals surface area contributed by atoms with E-state index in [2.05, 4.69) is 5.32 Å². The molecule has 1 aromatic rings. The lowest BCUT2D eigenvalue weighted by atomic mass is 9.72. The van der Waals surface area contributed by atoms with E-state index < -0.39 is 5.41 Å². The highest BCUT2D eigenvalue weighted by Crippen LogP contribution is 2.35. The largest absolute Gasteiger partial charge is 0.399 e. The molecule has 1 aromatic carbocycles. The van der Waals surface area contributed by atoms with E-state index in [4.69, 9.17) is 8.48 Å². The van der Waals surface area contributed by atoms with Crippen molar-refractivity contribution in [1.82, 2.24) is 5.32 Å². The van der Waals surface area contributed by atoms with E-state index in [0.29, 0.717) is 18.4 Å². The first-order valence-electron chi connectivity index (χ1n) is 6.62. The molecule has 1 aliphatic heterocycles. The molecule has 0 bridgehead atoms. The van der Waals surface area contributed by atoms with E-state index >= 15 is 0 Å². The highest BCUT2D eigenvalue weighted by atomic mass is 16.2. The van der Waals surface area contributed by atoms with Gasteiger partial charge in [-0.15, -0.1) is 0 Å². The number of piperidine rings is 1. The van der Waals surface area contributed by atoms with Gasteiger partial charge in [-0.25, -0.2) is 0 Å². The van der Waals surface area contributed by atoms with Crippen LogP contribution >= 0.6 is 0 Å². The minimum atomic E-state index is -0.840. The van der Waals surface area contributed by atoms with Gasteiger partial charge >= 0.3 is 0 Å². The lowest BCUT2D eigenvalue weighted by Crippen LogP contribution is -2.51. The Labute approximate surface area is 103 Å². The van der Waals surface area contributed by atoms with Crippen LogP contribution in [0.25, 0.3) is 0 Å². The van der Waals surface area contributed by atoms with Crippen LogP contribution in [0.4, 0.5) is 5.69 Å². The zero-order valence-electron chi connectivity index (χ0n) is 11.7. The second-order valence-electron chi connectivity index (χ2n) is 4.26. The number of nitrogens with one attached hydrogen (secondary N) is 1. The maximum Gasteiger partial charge on any atom is 0.237 e. The first-order chi connectivity index (χ1) is 8.90. The number of carbonyl (C=O) groups excluding carboxylic acids is 2. The van der Waals surface area contributed by atoms with Crippen molar-refractivity contribution in [2.45, 2.75) is 31.6 Å². The zero-order valence-corrected chi connectivity index (χ0v) is 9.67. The van der Waals surface area contributed by atoms with Crippen LogP contribution in [0.1, 0.15) is 34.5 Å². The number of benzene rings is 1. The fourth-order valence-corrected chi connectivity index (χ4v) is 2.24. The number of rotatable bonds is 2. The molecule has 4 heteroatoms. The Morgan fingerprint density at radius 2 is 2.12 bits per heavy atom. The molecule has 0 aromatic heterocycles. The van der Waals surface area contributed by atoms with Crippen LogP contribution in [-0.2, 0) is 15.0 Å². The van der Waals surface area contributed by atoms with Crippen molar-refractivity contribution in [2.24, 2.45) is 0 Å². The Morgan fingerprint density at radius 1 is 1.47 bits per heavy atom. The fourth-order valence-electron chi connectivity index (χ4n) is 2.24. The topological polar surface area (TPSA) is 72.2 Å². The molecule has 1 unspecified atom stereocenters. The number of anilines is 1. The number of hydrogen-bond acceptors (Lipinski definition) is 3. The van der Waals surface area contributed by atoms with Gasteiger partial charge in [-0.05, 0) is 30.5 Å². The molecule has 1 heterocycles. The molecule has 1 saturated heterocycles. The third kappa shape index (κ3) is 1.90. The van der Waals surface area contributed by atoms with E-state index in [1.54, 1.807) is 0 Å². The van der Waals surface area contributed by atoms with E-state index in [0.717, 1.165) is 0 Å².